The highest BCUT2D eigenvalue weighted by Gasteiger charge is 2.14. The smallest absolute Gasteiger partial charge is 0.316 e. The molecular formula is C21H15ClN2O2. The third-order valence-electron chi connectivity index (χ3n) is 4.11. The number of hydrogen-bond acceptors (Lipinski definition) is 3. The van der Waals surface area contributed by atoms with Crippen LogP contribution in [0.5, 0.6) is 11.5 Å². The minimum atomic E-state index is -0.408. The highest BCUT2D eigenvalue weighted by Crippen LogP contribution is 2.28. The Balaban J connectivity index is 1.76. The molecule has 4 rings (SSSR count). The SMILES string of the molecule is Cc1ccc(-n2ncc(Cl)c(Oc3ccc4ccccc4c3)c2=O)cc1. The number of rotatable bonds is 3. The summed E-state index contributed by atoms with van der Waals surface area (Å²) in [5, 5.41) is 6.41. The Morgan fingerprint density at radius 1 is 0.962 bits per heavy atom. The van der Waals surface area contributed by atoms with Crippen molar-refractivity contribution in [3.05, 3.63) is 93.9 Å². The lowest BCUT2D eigenvalue weighted by molar-refractivity contribution is 0.469. The minimum absolute atomic E-state index is 0.0533. The van der Waals surface area contributed by atoms with Crippen LogP contribution in [0.4, 0.5) is 0 Å². The van der Waals surface area contributed by atoms with Gasteiger partial charge in [0, 0.05) is 0 Å². The topological polar surface area (TPSA) is 44.1 Å². The summed E-state index contributed by atoms with van der Waals surface area (Å²) >= 11 is 6.18. The highest BCUT2D eigenvalue weighted by molar-refractivity contribution is 6.31. The van der Waals surface area contributed by atoms with E-state index in [0.29, 0.717) is 11.4 Å². The standard InChI is InChI=1S/C21H15ClN2O2/c1-14-6-9-17(10-7-14)24-21(25)20(19(22)13-23-24)26-18-11-8-15-4-2-3-5-16(15)12-18/h2-13H,1H3. The molecule has 0 N–H and O–H groups in total. The first-order valence-corrected chi connectivity index (χ1v) is 8.51. The molecule has 0 unspecified atom stereocenters. The third-order valence-corrected chi connectivity index (χ3v) is 4.38. The van der Waals surface area contributed by atoms with Crippen LogP contribution in [0.25, 0.3) is 16.5 Å². The van der Waals surface area contributed by atoms with Crippen molar-refractivity contribution in [1.82, 2.24) is 9.78 Å². The third kappa shape index (κ3) is 3.07. The molecule has 0 saturated carbocycles. The molecule has 1 aromatic heterocycles. The first-order valence-electron chi connectivity index (χ1n) is 8.13. The molecule has 0 amide bonds. The number of nitrogens with zero attached hydrogens (tertiary/aromatic N) is 2. The molecule has 0 spiro atoms. The molecule has 1 heterocycles. The Hall–Kier alpha value is -3.11. The van der Waals surface area contributed by atoms with Crippen molar-refractivity contribution in [1.29, 1.82) is 0 Å². The van der Waals surface area contributed by atoms with Crippen LogP contribution in [0.1, 0.15) is 5.56 Å². The first kappa shape index (κ1) is 16.4. The number of hydrogen-bond donors (Lipinski definition) is 0. The molecule has 0 bridgehead atoms. The lowest BCUT2D eigenvalue weighted by Crippen LogP contribution is -2.22. The van der Waals surface area contributed by atoms with Crippen LogP contribution in [0, 0.1) is 6.92 Å². The Kier molecular flexibility index (Phi) is 4.19. The normalized spacial score (nSPS) is 10.8. The van der Waals surface area contributed by atoms with Gasteiger partial charge >= 0.3 is 5.56 Å². The molecule has 0 fully saturated rings. The molecule has 5 heteroatoms. The van der Waals surface area contributed by atoms with Gasteiger partial charge in [-0.1, -0.05) is 59.6 Å². The van der Waals surface area contributed by atoms with Crippen LogP contribution in [-0.2, 0) is 0 Å². The first-order chi connectivity index (χ1) is 12.6. The monoisotopic (exact) mass is 362 g/mol. The number of ether oxygens (including phenoxy) is 1. The van der Waals surface area contributed by atoms with E-state index >= 15 is 0 Å². The van der Waals surface area contributed by atoms with Crippen LogP contribution in [-0.4, -0.2) is 9.78 Å². The van der Waals surface area contributed by atoms with Gasteiger partial charge < -0.3 is 4.74 Å². The largest absolute Gasteiger partial charge is 0.450 e. The summed E-state index contributed by atoms with van der Waals surface area (Å²) in [4.78, 5) is 12.8. The van der Waals surface area contributed by atoms with Crippen LogP contribution in [0.3, 0.4) is 0 Å². The van der Waals surface area contributed by atoms with Gasteiger partial charge in [-0.05, 0) is 42.0 Å². The summed E-state index contributed by atoms with van der Waals surface area (Å²) in [6.07, 6.45) is 1.42. The van der Waals surface area contributed by atoms with E-state index in [1.165, 1.54) is 10.9 Å². The molecule has 128 valence electrons. The molecule has 26 heavy (non-hydrogen) atoms. The van der Waals surface area contributed by atoms with Crippen LogP contribution in [0.15, 0.2) is 77.7 Å². The number of aromatic nitrogens is 2. The van der Waals surface area contributed by atoms with Crippen molar-refractivity contribution in [3.8, 4) is 17.2 Å². The second-order valence-electron chi connectivity index (χ2n) is 5.99. The van der Waals surface area contributed by atoms with E-state index in [1.54, 1.807) is 0 Å². The zero-order valence-corrected chi connectivity index (χ0v) is 14.8. The Morgan fingerprint density at radius 3 is 2.46 bits per heavy atom. The summed E-state index contributed by atoms with van der Waals surface area (Å²) in [5.74, 6) is 0.599. The van der Waals surface area contributed by atoms with E-state index in [-0.39, 0.29) is 10.8 Å². The molecule has 4 aromatic rings. The minimum Gasteiger partial charge on any atom is -0.450 e. The number of halogens is 1. The van der Waals surface area contributed by atoms with Crippen molar-refractivity contribution in [2.75, 3.05) is 0 Å². The van der Waals surface area contributed by atoms with Crippen LogP contribution in [0.2, 0.25) is 5.02 Å². The summed E-state index contributed by atoms with van der Waals surface area (Å²) < 4.78 is 7.11. The van der Waals surface area contributed by atoms with Gasteiger partial charge in [0.25, 0.3) is 0 Å². The molecule has 0 saturated heterocycles. The van der Waals surface area contributed by atoms with Gasteiger partial charge in [0.15, 0.2) is 0 Å². The van der Waals surface area contributed by atoms with Crippen LogP contribution < -0.4 is 10.3 Å². The van der Waals surface area contributed by atoms with Gasteiger partial charge in [-0.3, -0.25) is 4.79 Å². The molecule has 0 radical (unpaired) electrons. The fourth-order valence-electron chi connectivity index (χ4n) is 2.73. The van der Waals surface area contributed by atoms with Gasteiger partial charge in [-0.15, -0.1) is 0 Å². The van der Waals surface area contributed by atoms with Crippen molar-refractivity contribution in [2.24, 2.45) is 0 Å². The van der Waals surface area contributed by atoms with Gasteiger partial charge in [-0.25, -0.2) is 0 Å². The van der Waals surface area contributed by atoms with Gasteiger partial charge in [0.2, 0.25) is 5.75 Å². The summed E-state index contributed by atoms with van der Waals surface area (Å²) in [7, 11) is 0. The number of aryl methyl sites for hydroxylation is 1. The van der Waals surface area contributed by atoms with Crippen molar-refractivity contribution in [3.63, 3.8) is 0 Å². The van der Waals surface area contributed by atoms with E-state index in [9.17, 15) is 4.79 Å². The van der Waals surface area contributed by atoms with Crippen molar-refractivity contribution < 1.29 is 4.74 Å². The Morgan fingerprint density at radius 2 is 1.69 bits per heavy atom. The lowest BCUT2D eigenvalue weighted by Gasteiger charge is -2.11. The van der Waals surface area contributed by atoms with Crippen molar-refractivity contribution in [2.45, 2.75) is 6.92 Å². The predicted molar refractivity (Wildman–Crippen MR) is 104 cm³/mol. The Bertz CT molecular complexity index is 1150. The number of benzene rings is 3. The van der Waals surface area contributed by atoms with E-state index in [4.69, 9.17) is 16.3 Å². The number of fused-ring (bicyclic) bond motifs is 1. The lowest BCUT2D eigenvalue weighted by atomic mass is 10.1. The van der Waals surface area contributed by atoms with Gasteiger partial charge in [-0.2, -0.15) is 9.78 Å². The second-order valence-corrected chi connectivity index (χ2v) is 6.39. The molecule has 4 nitrogen and oxygen atoms in total. The molecule has 0 aliphatic carbocycles. The maximum Gasteiger partial charge on any atom is 0.316 e. The fraction of sp³-hybridized carbons (Fsp3) is 0.0476. The zero-order valence-electron chi connectivity index (χ0n) is 14.0. The average Bonchev–Trinajstić information content (AvgIpc) is 2.66. The van der Waals surface area contributed by atoms with E-state index in [0.717, 1.165) is 16.3 Å². The fourth-order valence-corrected chi connectivity index (χ4v) is 2.89. The van der Waals surface area contributed by atoms with Crippen LogP contribution >= 0.6 is 11.6 Å². The quantitative estimate of drug-likeness (QED) is 0.507. The summed E-state index contributed by atoms with van der Waals surface area (Å²) in [6.45, 7) is 1.98. The Labute approximate surface area is 155 Å². The second kappa shape index (κ2) is 6.65. The predicted octanol–water partition coefficient (Wildman–Crippen LogP) is 5.14. The summed E-state index contributed by atoms with van der Waals surface area (Å²) in [6, 6.07) is 21.1. The summed E-state index contributed by atoms with van der Waals surface area (Å²) in [5.41, 5.74) is 1.35. The van der Waals surface area contributed by atoms with Gasteiger partial charge in [0.05, 0.1) is 11.9 Å². The van der Waals surface area contributed by atoms with E-state index in [1.807, 2.05) is 73.7 Å². The van der Waals surface area contributed by atoms with E-state index < -0.39 is 5.56 Å². The molecule has 0 aliphatic heterocycles. The van der Waals surface area contributed by atoms with Crippen molar-refractivity contribution >= 4 is 22.4 Å². The molecule has 3 aromatic carbocycles. The highest BCUT2D eigenvalue weighted by atomic mass is 35.5. The maximum absolute atomic E-state index is 12.8. The zero-order chi connectivity index (χ0) is 18.1. The molecule has 0 atom stereocenters. The molecular weight excluding hydrogens is 348 g/mol. The maximum atomic E-state index is 12.8. The van der Waals surface area contributed by atoms with E-state index in [2.05, 4.69) is 5.10 Å². The molecule has 0 aliphatic rings. The average molecular weight is 363 g/mol. The van der Waals surface area contributed by atoms with Gasteiger partial charge in [0.1, 0.15) is 10.8 Å².